The molecule has 94 valence electrons. The van der Waals surface area contributed by atoms with Gasteiger partial charge in [0.2, 0.25) is 0 Å². The van der Waals surface area contributed by atoms with Gasteiger partial charge in [-0.2, -0.15) is 0 Å². The van der Waals surface area contributed by atoms with Crippen molar-refractivity contribution in [3.63, 3.8) is 0 Å². The zero-order valence-electron chi connectivity index (χ0n) is 10.4. The zero-order chi connectivity index (χ0) is 11.6. The van der Waals surface area contributed by atoms with E-state index >= 15 is 0 Å². The number of ether oxygens (including phenoxy) is 2. The van der Waals surface area contributed by atoms with Crippen LogP contribution < -0.4 is 5.73 Å². The summed E-state index contributed by atoms with van der Waals surface area (Å²) in [6.07, 6.45) is 2.29. The molecule has 2 aliphatic heterocycles. The van der Waals surface area contributed by atoms with Crippen LogP contribution in [0.25, 0.3) is 0 Å². The molecule has 4 heteroatoms. The molecule has 0 spiro atoms. The predicted molar refractivity (Wildman–Crippen MR) is 63.4 cm³/mol. The number of nitrogens with two attached hydrogens (primary N) is 1. The fraction of sp³-hybridized carbons (Fsp3) is 1.00. The Morgan fingerprint density at radius 3 is 2.69 bits per heavy atom. The summed E-state index contributed by atoms with van der Waals surface area (Å²) in [5.74, 6) is 0. The predicted octanol–water partition coefficient (Wildman–Crippen LogP) is 0.604. The van der Waals surface area contributed by atoms with E-state index in [0.717, 1.165) is 45.8 Å². The summed E-state index contributed by atoms with van der Waals surface area (Å²) in [7, 11) is 0. The molecule has 2 N–H and O–H groups in total. The molecule has 0 saturated carbocycles. The summed E-state index contributed by atoms with van der Waals surface area (Å²) in [6.45, 7) is 8.77. The van der Waals surface area contributed by atoms with Crippen LogP contribution >= 0.6 is 0 Å². The van der Waals surface area contributed by atoms with Crippen LogP contribution in [0.15, 0.2) is 0 Å². The second-order valence-electron chi connectivity index (χ2n) is 5.40. The van der Waals surface area contributed by atoms with E-state index in [4.69, 9.17) is 15.2 Å². The van der Waals surface area contributed by atoms with Crippen molar-refractivity contribution in [1.82, 2.24) is 4.90 Å². The molecule has 0 bridgehead atoms. The van der Waals surface area contributed by atoms with Gasteiger partial charge in [0.15, 0.2) is 0 Å². The van der Waals surface area contributed by atoms with E-state index in [1.54, 1.807) is 0 Å². The van der Waals surface area contributed by atoms with Crippen molar-refractivity contribution in [2.45, 2.75) is 44.4 Å². The van der Waals surface area contributed by atoms with Crippen LogP contribution in [0.2, 0.25) is 0 Å². The molecule has 2 fully saturated rings. The van der Waals surface area contributed by atoms with Crippen LogP contribution in [0.4, 0.5) is 0 Å². The monoisotopic (exact) mass is 228 g/mol. The fourth-order valence-corrected chi connectivity index (χ4v) is 2.53. The van der Waals surface area contributed by atoms with E-state index in [2.05, 4.69) is 18.7 Å². The largest absolute Gasteiger partial charge is 0.381 e. The Morgan fingerprint density at radius 2 is 2.00 bits per heavy atom. The normalized spacial score (nSPS) is 36.2. The maximum absolute atomic E-state index is 6.44. The highest BCUT2D eigenvalue weighted by atomic mass is 16.5. The van der Waals surface area contributed by atoms with Gasteiger partial charge in [0.05, 0.1) is 12.7 Å². The van der Waals surface area contributed by atoms with Gasteiger partial charge in [0, 0.05) is 37.9 Å². The van der Waals surface area contributed by atoms with Crippen molar-refractivity contribution >= 4 is 0 Å². The standard InChI is InChI=1S/C12H24N2O2/c1-10-8-16-11(2)7-14(10)9-12(13)3-5-15-6-4-12/h10-11H,3-9,13H2,1-2H3. The van der Waals surface area contributed by atoms with Crippen LogP contribution in [0.5, 0.6) is 0 Å². The number of hydrogen-bond donors (Lipinski definition) is 1. The summed E-state index contributed by atoms with van der Waals surface area (Å²) < 4.78 is 11.0. The molecular formula is C12H24N2O2. The van der Waals surface area contributed by atoms with Gasteiger partial charge >= 0.3 is 0 Å². The van der Waals surface area contributed by atoms with Crippen molar-refractivity contribution in [1.29, 1.82) is 0 Å². The highest BCUT2D eigenvalue weighted by Gasteiger charge is 2.33. The smallest absolute Gasteiger partial charge is 0.0674 e. The van der Waals surface area contributed by atoms with E-state index in [9.17, 15) is 0 Å². The summed E-state index contributed by atoms with van der Waals surface area (Å²) in [5, 5.41) is 0. The molecule has 0 amide bonds. The minimum atomic E-state index is -0.0520. The summed E-state index contributed by atoms with van der Waals surface area (Å²) in [5.41, 5.74) is 6.38. The second-order valence-corrected chi connectivity index (χ2v) is 5.40. The first-order valence-corrected chi connectivity index (χ1v) is 6.31. The lowest BCUT2D eigenvalue weighted by Crippen LogP contribution is -2.58. The molecule has 2 atom stereocenters. The molecule has 2 saturated heterocycles. The molecule has 16 heavy (non-hydrogen) atoms. The third-order valence-electron chi connectivity index (χ3n) is 3.74. The van der Waals surface area contributed by atoms with Gasteiger partial charge in [-0.15, -0.1) is 0 Å². The van der Waals surface area contributed by atoms with Crippen molar-refractivity contribution in [2.24, 2.45) is 5.73 Å². The van der Waals surface area contributed by atoms with E-state index in [1.807, 2.05) is 0 Å². The first kappa shape index (κ1) is 12.3. The minimum absolute atomic E-state index is 0.0520. The summed E-state index contributed by atoms with van der Waals surface area (Å²) in [6, 6.07) is 0.486. The SMILES string of the molecule is CC1CN(CC2(N)CCOCC2)C(C)CO1. The molecule has 4 nitrogen and oxygen atoms in total. The van der Waals surface area contributed by atoms with Gasteiger partial charge in [-0.05, 0) is 26.7 Å². The zero-order valence-corrected chi connectivity index (χ0v) is 10.4. The lowest BCUT2D eigenvalue weighted by atomic mass is 9.90. The second kappa shape index (κ2) is 5.00. The van der Waals surface area contributed by atoms with Crippen molar-refractivity contribution in [3.05, 3.63) is 0 Å². The van der Waals surface area contributed by atoms with Crippen molar-refractivity contribution in [3.8, 4) is 0 Å². The van der Waals surface area contributed by atoms with Gasteiger partial charge in [0.1, 0.15) is 0 Å². The van der Waals surface area contributed by atoms with Gasteiger partial charge in [-0.25, -0.2) is 0 Å². The molecule has 0 aliphatic carbocycles. The average molecular weight is 228 g/mol. The quantitative estimate of drug-likeness (QED) is 0.752. The lowest BCUT2D eigenvalue weighted by molar-refractivity contribution is -0.0636. The van der Waals surface area contributed by atoms with Crippen LogP contribution in [0.3, 0.4) is 0 Å². The summed E-state index contributed by atoms with van der Waals surface area (Å²) in [4.78, 5) is 2.47. The van der Waals surface area contributed by atoms with Crippen molar-refractivity contribution in [2.75, 3.05) is 32.9 Å². The van der Waals surface area contributed by atoms with Crippen LogP contribution in [0, 0.1) is 0 Å². The first-order valence-electron chi connectivity index (χ1n) is 6.31. The molecule has 0 aromatic carbocycles. The van der Waals surface area contributed by atoms with E-state index < -0.39 is 0 Å². The first-order chi connectivity index (χ1) is 7.59. The van der Waals surface area contributed by atoms with E-state index in [0.29, 0.717) is 12.1 Å². The molecule has 0 aromatic heterocycles. The highest BCUT2D eigenvalue weighted by molar-refractivity contribution is 4.92. The molecule has 2 rings (SSSR count). The molecule has 2 heterocycles. The van der Waals surface area contributed by atoms with Crippen molar-refractivity contribution < 1.29 is 9.47 Å². The van der Waals surface area contributed by atoms with Gasteiger partial charge in [-0.1, -0.05) is 0 Å². The Bertz CT molecular complexity index is 229. The Hall–Kier alpha value is -0.160. The highest BCUT2D eigenvalue weighted by Crippen LogP contribution is 2.22. The lowest BCUT2D eigenvalue weighted by Gasteiger charge is -2.43. The third kappa shape index (κ3) is 2.94. The number of rotatable bonds is 2. The average Bonchev–Trinajstić information content (AvgIpc) is 2.24. The van der Waals surface area contributed by atoms with E-state index in [1.165, 1.54) is 0 Å². The van der Waals surface area contributed by atoms with Crippen LogP contribution in [0.1, 0.15) is 26.7 Å². The number of hydrogen-bond acceptors (Lipinski definition) is 4. The van der Waals surface area contributed by atoms with Gasteiger partial charge < -0.3 is 15.2 Å². The Kier molecular flexibility index (Phi) is 3.85. The molecular weight excluding hydrogens is 204 g/mol. The van der Waals surface area contributed by atoms with Gasteiger partial charge in [-0.3, -0.25) is 4.90 Å². The minimum Gasteiger partial charge on any atom is -0.381 e. The maximum atomic E-state index is 6.44. The van der Waals surface area contributed by atoms with Crippen LogP contribution in [-0.2, 0) is 9.47 Å². The Labute approximate surface area is 98.1 Å². The molecule has 2 unspecified atom stereocenters. The fourth-order valence-electron chi connectivity index (χ4n) is 2.53. The molecule has 2 aliphatic rings. The number of nitrogens with zero attached hydrogens (tertiary/aromatic N) is 1. The Morgan fingerprint density at radius 1 is 1.31 bits per heavy atom. The van der Waals surface area contributed by atoms with E-state index in [-0.39, 0.29) is 5.54 Å². The third-order valence-corrected chi connectivity index (χ3v) is 3.74. The Balaban J connectivity index is 1.91. The summed E-state index contributed by atoms with van der Waals surface area (Å²) >= 11 is 0. The number of morpholine rings is 1. The maximum Gasteiger partial charge on any atom is 0.0674 e. The van der Waals surface area contributed by atoms with Gasteiger partial charge in [0.25, 0.3) is 0 Å². The molecule has 0 radical (unpaired) electrons. The molecule has 0 aromatic rings. The topological polar surface area (TPSA) is 47.7 Å². The van der Waals surface area contributed by atoms with Crippen LogP contribution in [-0.4, -0.2) is 55.5 Å².